The Balaban J connectivity index is 1.37. The van der Waals surface area contributed by atoms with Crippen molar-refractivity contribution in [3.8, 4) is 11.5 Å². The van der Waals surface area contributed by atoms with Crippen molar-refractivity contribution in [2.75, 3.05) is 26.4 Å². The predicted molar refractivity (Wildman–Crippen MR) is 113 cm³/mol. The number of hydrogen-bond donors (Lipinski definition) is 2. The van der Waals surface area contributed by atoms with Crippen LogP contribution >= 0.6 is 11.3 Å². The number of ether oxygens (including phenoxy) is 2. The van der Waals surface area contributed by atoms with E-state index in [1.807, 2.05) is 6.07 Å². The lowest BCUT2D eigenvalue weighted by atomic mass is 9.96. The number of aryl methyl sites for hydroxylation is 2. The number of aliphatic imine (C=N–C) groups is 1. The number of fused-ring (bicyclic) bond motifs is 1. The Morgan fingerprint density at radius 2 is 2.04 bits per heavy atom. The van der Waals surface area contributed by atoms with Gasteiger partial charge in [-0.05, 0) is 51.3 Å². The second-order valence-electron chi connectivity index (χ2n) is 7.47. The van der Waals surface area contributed by atoms with Gasteiger partial charge in [-0.25, -0.2) is 4.98 Å². The van der Waals surface area contributed by atoms with Gasteiger partial charge in [-0.1, -0.05) is 6.07 Å². The lowest BCUT2D eigenvalue weighted by molar-refractivity contribution is 0.174. The van der Waals surface area contributed by atoms with Gasteiger partial charge in [-0.3, -0.25) is 4.99 Å². The van der Waals surface area contributed by atoms with E-state index in [0.717, 1.165) is 62.0 Å². The van der Waals surface area contributed by atoms with Crippen LogP contribution in [0.15, 0.2) is 23.2 Å². The van der Waals surface area contributed by atoms with E-state index in [9.17, 15) is 0 Å². The summed E-state index contributed by atoms with van der Waals surface area (Å²) in [6.07, 6.45) is 3.23. The third-order valence-electron chi connectivity index (χ3n) is 5.43. The molecule has 6 nitrogen and oxygen atoms in total. The Morgan fingerprint density at radius 1 is 1.21 bits per heavy atom. The minimum atomic E-state index is 0.132. The number of hydrogen-bond acceptors (Lipinski definition) is 5. The zero-order valence-corrected chi connectivity index (χ0v) is 17.6. The van der Waals surface area contributed by atoms with E-state index in [-0.39, 0.29) is 5.41 Å². The highest BCUT2D eigenvalue weighted by molar-refractivity contribution is 7.11. The molecule has 7 heteroatoms. The molecule has 1 aliphatic heterocycles. The molecule has 2 aliphatic rings. The molecule has 0 atom stereocenters. The average molecular weight is 401 g/mol. The Bertz CT molecular complexity index is 854. The molecule has 28 heavy (non-hydrogen) atoms. The van der Waals surface area contributed by atoms with E-state index in [4.69, 9.17) is 14.5 Å². The normalized spacial score (nSPS) is 16.9. The second kappa shape index (κ2) is 7.99. The Kier molecular flexibility index (Phi) is 5.44. The molecule has 1 saturated carbocycles. The molecule has 0 radical (unpaired) electrons. The molecule has 0 saturated heterocycles. The summed E-state index contributed by atoms with van der Waals surface area (Å²) in [4.78, 5) is 10.8. The van der Waals surface area contributed by atoms with Gasteiger partial charge in [-0.2, -0.15) is 0 Å². The predicted octanol–water partition coefficient (Wildman–Crippen LogP) is 3.32. The highest BCUT2D eigenvalue weighted by Gasteiger charge is 2.44. The highest BCUT2D eigenvalue weighted by Crippen LogP contribution is 2.50. The highest BCUT2D eigenvalue weighted by atomic mass is 32.1. The second-order valence-corrected chi connectivity index (χ2v) is 8.76. The maximum absolute atomic E-state index is 5.54. The van der Waals surface area contributed by atoms with Gasteiger partial charge in [0.05, 0.1) is 17.2 Å². The molecule has 2 heterocycles. The van der Waals surface area contributed by atoms with Gasteiger partial charge < -0.3 is 20.1 Å². The van der Waals surface area contributed by atoms with Crippen LogP contribution in [0.25, 0.3) is 0 Å². The first kappa shape index (κ1) is 19.1. The van der Waals surface area contributed by atoms with E-state index in [0.29, 0.717) is 6.79 Å². The van der Waals surface area contributed by atoms with Crippen LogP contribution in [0.1, 0.15) is 40.9 Å². The molecule has 0 bridgehead atoms. The fourth-order valence-corrected chi connectivity index (χ4v) is 4.35. The summed E-state index contributed by atoms with van der Waals surface area (Å²) in [7, 11) is 0. The fraction of sp³-hybridized carbons (Fsp3) is 0.524. The molecule has 0 spiro atoms. The summed E-state index contributed by atoms with van der Waals surface area (Å²) < 4.78 is 11.0. The minimum Gasteiger partial charge on any atom is -0.454 e. The van der Waals surface area contributed by atoms with Crippen LogP contribution in [0.3, 0.4) is 0 Å². The molecule has 150 valence electrons. The van der Waals surface area contributed by atoms with Gasteiger partial charge >= 0.3 is 0 Å². The van der Waals surface area contributed by atoms with E-state index in [1.54, 1.807) is 11.3 Å². The zero-order chi connectivity index (χ0) is 19.6. The largest absolute Gasteiger partial charge is 0.454 e. The molecule has 2 N–H and O–H groups in total. The standard InChI is InChI=1S/C21H28N4O2S/c1-4-22-20(23-10-7-19-25-14(2)15(3)28-19)24-12-21(8-9-21)16-5-6-17-18(11-16)27-13-26-17/h5-6,11H,4,7-10,12-13H2,1-3H3,(H2,22,23,24). The van der Waals surface area contributed by atoms with Crippen molar-refractivity contribution in [1.82, 2.24) is 15.6 Å². The van der Waals surface area contributed by atoms with Crippen molar-refractivity contribution in [2.45, 2.75) is 45.4 Å². The lowest BCUT2D eigenvalue weighted by Gasteiger charge is -2.16. The topological polar surface area (TPSA) is 67.8 Å². The fourth-order valence-electron chi connectivity index (χ4n) is 3.42. The number of guanidine groups is 1. The van der Waals surface area contributed by atoms with Crippen LogP contribution in [-0.2, 0) is 11.8 Å². The van der Waals surface area contributed by atoms with E-state index in [2.05, 4.69) is 48.5 Å². The van der Waals surface area contributed by atoms with E-state index < -0.39 is 0 Å². The molecule has 1 aromatic heterocycles. The summed E-state index contributed by atoms with van der Waals surface area (Å²) >= 11 is 1.78. The molecule has 1 aromatic carbocycles. The number of aromatic nitrogens is 1. The summed E-state index contributed by atoms with van der Waals surface area (Å²) in [6.45, 7) is 9.05. The van der Waals surface area contributed by atoms with Crippen molar-refractivity contribution < 1.29 is 9.47 Å². The van der Waals surface area contributed by atoms with Gasteiger partial charge in [0.2, 0.25) is 6.79 Å². The van der Waals surface area contributed by atoms with Gasteiger partial charge in [0, 0.05) is 29.8 Å². The van der Waals surface area contributed by atoms with E-state index >= 15 is 0 Å². The molecular weight excluding hydrogens is 372 g/mol. The van der Waals surface area contributed by atoms with Crippen molar-refractivity contribution in [3.05, 3.63) is 39.3 Å². The molecule has 2 aromatic rings. The first-order valence-electron chi connectivity index (χ1n) is 9.95. The van der Waals surface area contributed by atoms with Gasteiger partial charge in [-0.15, -0.1) is 11.3 Å². The molecular formula is C21H28N4O2S. The maximum Gasteiger partial charge on any atom is 0.231 e. The summed E-state index contributed by atoms with van der Waals surface area (Å²) in [5.74, 6) is 2.57. The summed E-state index contributed by atoms with van der Waals surface area (Å²) in [5.41, 5.74) is 2.57. The minimum absolute atomic E-state index is 0.132. The van der Waals surface area contributed by atoms with Crippen LogP contribution in [0.5, 0.6) is 11.5 Å². The lowest BCUT2D eigenvalue weighted by Crippen LogP contribution is -2.39. The Hall–Kier alpha value is -2.28. The summed E-state index contributed by atoms with van der Waals surface area (Å²) in [6, 6.07) is 6.30. The van der Waals surface area contributed by atoms with Crippen LogP contribution in [0.4, 0.5) is 0 Å². The van der Waals surface area contributed by atoms with Crippen molar-refractivity contribution >= 4 is 17.3 Å². The quantitative estimate of drug-likeness (QED) is 0.551. The average Bonchev–Trinajstić information content (AvgIpc) is 3.21. The number of thiazole rings is 1. The van der Waals surface area contributed by atoms with Crippen molar-refractivity contribution in [2.24, 2.45) is 4.99 Å². The zero-order valence-electron chi connectivity index (χ0n) is 16.8. The molecule has 0 unspecified atom stereocenters. The number of rotatable bonds is 7. The molecule has 1 aliphatic carbocycles. The Morgan fingerprint density at radius 3 is 2.75 bits per heavy atom. The number of benzene rings is 1. The van der Waals surface area contributed by atoms with Crippen LogP contribution in [-0.4, -0.2) is 37.4 Å². The van der Waals surface area contributed by atoms with Crippen molar-refractivity contribution in [3.63, 3.8) is 0 Å². The monoisotopic (exact) mass is 400 g/mol. The van der Waals surface area contributed by atoms with Gasteiger partial charge in [0.1, 0.15) is 0 Å². The summed E-state index contributed by atoms with van der Waals surface area (Å²) in [5, 5.41) is 7.99. The maximum atomic E-state index is 5.54. The van der Waals surface area contributed by atoms with Gasteiger partial charge in [0.25, 0.3) is 0 Å². The van der Waals surface area contributed by atoms with Crippen LogP contribution < -0.4 is 20.1 Å². The van der Waals surface area contributed by atoms with E-state index in [1.165, 1.54) is 15.4 Å². The van der Waals surface area contributed by atoms with Crippen LogP contribution in [0.2, 0.25) is 0 Å². The first-order chi connectivity index (χ1) is 13.6. The molecule has 1 fully saturated rings. The number of nitrogens with one attached hydrogen (secondary N) is 2. The number of nitrogens with zero attached hydrogens (tertiary/aromatic N) is 2. The third-order valence-corrected chi connectivity index (χ3v) is 6.56. The SMILES string of the molecule is CCNC(=NCC1(c2ccc3c(c2)OCO3)CC1)NCCc1nc(C)c(C)s1. The Labute approximate surface area is 170 Å². The van der Waals surface area contributed by atoms with Crippen LogP contribution in [0, 0.1) is 13.8 Å². The van der Waals surface area contributed by atoms with Gasteiger partial charge in [0.15, 0.2) is 17.5 Å². The first-order valence-corrected chi connectivity index (χ1v) is 10.8. The smallest absolute Gasteiger partial charge is 0.231 e. The molecule has 4 rings (SSSR count). The third kappa shape index (κ3) is 4.09. The molecule has 0 amide bonds. The van der Waals surface area contributed by atoms with Crippen molar-refractivity contribution in [1.29, 1.82) is 0 Å².